The lowest BCUT2D eigenvalue weighted by Crippen LogP contribution is -2.25. The topological polar surface area (TPSA) is 101 Å². The molecule has 2 heterocycles. The third-order valence-corrected chi connectivity index (χ3v) is 5.47. The van der Waals surface area contributed by atoms with Crippen LogP contribution in [0.2, 0.25) is 0 Å². The number of methoxy groups -OCH3 is 1. The number of oxazole rings is 1. The SMILES string of the molecule is COc1cc(COc2nn(C)cc2C(=O)N(C)OC)ccc1OCc1nc(-c2ccccc2)oc1C. The van der Waals surface area contributed by atoms with Crippen LogP contribution in [-0.2, 0) is 25.1 Å². The van der Waals surface area contributed by atoms with E-state index in [0.29, 0.717) is 34.4 Å². The molecule has 2 aromatic carbocycles. The minimum absolute atomic E-state index is 0.174. The fourth-order valence-electron chi connectivity index (χ4n) is 3.46. The molecule has 0 fully saturated rings. The molecule has 0 spiro atoms. The van der Waals surface area contributed by atoms with Crippen LogP contribution >= 0.6 is 0 Å². The summed E-state index contributed by atoms with van der Waals surface area (Å²) < 4.78 is 24.7. The average Bonchev–Trinajstić information content (AvgIpc) is 3.47. The second kappa shape index (κ2) is 11.0. The molecule has 0 saturated heterocycles. The van der Waals surface area contributed by atoms with Crippen molar-refractivity contribution in [2.75, 3.05) is 21.3 Å². The summed E-state index contributed by atoms with van der Waals surface area (Å²) in [7, 11) is 6.21. The summed E-state index contributed by atoms with van der Waals surface area (Å²) in [5.74, 6) is 2.19. The number of aryl methyl sites for hydroxylation is 2. The van der Waals surface area contributed by atoms with E-state index in [2.05, 4.69) is 10.1 Å². The minimum atomic E-state index is -0.361. The Morgan fingerprint density at radius 2 is 1.83 bits per heavy atom. The van der Waals surface area contributed by atoms with Crippen LogP contribution in [0.1, 0.15) is 27.4 Å². The summed E-state index contributed by atoms with van der Waals surface area (Å²) in [6.45, 7) is 2.26. The summed E-state index contributed by atoms with van der Waals surface area (Å²) in [5.41, 5.74) is 2.72. The standard InChI is InChI=1S/C26H28N4O6/c1-17-21(27-24(36-17)19-9-7-6-8-10-19)16-34-22-12-11-18(13-23(22)32-4)15-35-25-20(14-29(2)28-25)26(31)30(3)33-5/h6-14H,15-16H2,1-5H3. The van der Waals surface area contributed by atoms with Crippen molar-refractivity contribution >= 4 is 5.91 Å². The van der Waals surface area contributed by atoms with Crippen molar-refractivity contribution in [1.82, 2.24) is 19.8 Å². The summed E-state index contributed by atoms with van der Waals surface area (Å²) in [4.78, 5) is 22.0. The molecule has 0 saturated carbocycles. The maximum Gasteiger partial charge on any atom is 0.284 e. The molecule has 0 bridgehead atoms. The van der Waals surface area contributed by atoms with Gasteiger partial charge in [0.1, 0.15) is 30.2 Å². The maximum absolute atomic E-state index is 12.5. The second-order valence-corrected chi connectivity index (χ2v) is 7.96. The van der Waals surface area contributed by atoms with Crippen molar-refractivity contribution in [2.45, 2.75) is 20.1 Å². The highest BCUT2D eigenvalue weighted by Gasteiger charge is 2.21. The summed E-state index contributed by atoms with van der Waals surface area (Å²) >= 11 is 0. The first-order chi connectivity index (χ1) is 17.4. The van der Waals surface area contributed by atoms with Gasteiger partial charge in [-0.3, -0.25) is 14.3 Å². The second-order valence-electron chi connectivity index (χ2n) is 7.96. The van der Waals surface area contributed by atoms with Crippen LogP contribution in [0.25, 0.3) is 11.5 Å². The smallest absolute Gasteiger partial charge is 0.284 e. The number of carbonyl (C=O) groups is 1. The number of hydroxylamine groups is 2. The quantitative estimate of drug-likeness (QED) is 0.304. The zero-order valence-electron chi connectivity index (χ0n) is 20.8. The van der Waals surface area contributed by atoms with E-state index in [-0.39, 0.29) is 25.0 Å². The Morgan fingerprint density at radius 3 is 2.56 bits per heavy atom. The predicted octanol–water partition coefficient (Wildman–Crippen LogP) is 4.18. The summed E-state index contributed by atoms with van der Waals surface area (Å²) in [6.07, 6.45) is 1.58. The van der Waals surface area contributed by atoms with Gasteiger partial charge in [-0.2, -0.15) is 0 Å². The van der Waals surface area contributed by atoms with Gasteiger partial charge in [0.05, 0.1) is 14.2 Å². The first kappa shape index (κ1) is 24.8. The van der Waals surface area contributed by atoms with Gasteiger partial charge in [-0.1, -0.05) is 24.3 Å². The van der Waals surface area contributed by atoms with Crippen molar-refractivity contribution in [2.24, 2.45) is 7.05 Å². The van der Waals surface area contributed by atoms with Gasteiger partial charge < -0.3 is 18.6 Å². The van der Waals surface area contributed by atoms with E-state index in [1.165, 1.54) is 18.8 Å². The largest absolute Gasteiger partial charge is 0.493 e. The number of carbonyl (C=O) groups excluding carboxylic acids is 1. The van der Waals surface area contributed by atoms with E-state index in [1.54, 1.807) is 26.4 Å². The predicted molar refractivity (Wildman–Crippen MR) is 131 cm³/mol. The van der Waals surface area contributed by atoms with Crippen molar-refractivity contribution in [1.29, 1.82) is 0 Å². The molecule has 10 heteroatoms. The average molecular weight is 493 g/mol. The van der Waals surface area contributed by atoms with Gasteiger partial charge in [0.15, 0.2) is 11.5 Å². The fourth-order valence-corrected chi connectivity index (χ4v) is 3.46. The Bertz CT molecular complexity index is 1330. The Kier molecular flexibility index (Phi) is 7.55. The highest BCUT2D eigenvalue weighted by atomic mass is 16.7. The Balaban J connectivity index is 1.43. The van der Waals surface area contributed by atoms with Gasteiger partial charge >= 0.3 is 0 Å². The lowest BCUT2D eigenvalue weighted by molar-refractivity contribution is -0.0758. The molecule has 0 aliphatic heterocycles. The monoisotopic (exact) mass is 492 g/mol. The minimum Gasteiger partial charge on any atom is -0.493 e. The van der Waals surface area contributed by atoms with Gasteiger partial charge in [-0.25, -0.2) is 10.0 Å². The number of nitrogens with zero attached hydrogens (tertiary/aromatic N) is 4. The molecule has 4 rings (SSSR count). The van der Waals surface area contributed by atoms with Crippen LogP contribution < -0.4 is 14.2 Å². The first-order valence-electron chi connectivity index (χ1n) is 11.2. The Morgan fingerprint density at radius 1 is 1.06 bits per heavy atom. The van der Waals surface area contributed by atoms with Gasteiger partial charge in [0, 0.05) is 25.9 Å². The molecular weight excluding hydrogens is 464 g/mol. The number of hydrogen-bond acceptors (Lipinski definition) is 8. The van der Waals surface area contributed by atoms with Crippen LogP contribution in [0.5, 0.6) is 17.4 Å². The highest BCUT2D eigenvalue weighted by Crippen LogP contribution is 2.30. The number of aromatic nitrogens is 3. The molecule has 1 amide bonds. The van der Waals surface area contributed by atoms with Crippen molar-refractivity contribution in [3.8, 4) is 28.8 Å². The molecule has 0 radical (unpaired) electrons. The Labute approximate surface area is 208 Å². The molecule has 0 unspecified atom stereocenters. The molecule has 10 nitrogen and oxygen atoms in total. The zero-order valence-corrected chi connectivity index (χ0v) is 20.8. The van der Waals surface area contributed by atoms with E-state index in [4.69, 9.17) is 23.5 Å². The molecule has 0 atom stereocenters. The van der Waals surface area contributed by atoms with Crippen LogP contribution in [-0.4, -0.2) is 47.0 Å². The molecule has 4 aromatic rings. The highest BCUT2D eigenvalue weighted by molar-refractivity contribution is 5.95. The third kappa shape index (κ3) is 5.49. The molecule has 36 heavy (non-hydrogen) atoms. The van der Waals surface area contributed by atoms with E-state index in [9.17, 15) is 4.79 Å². The van der Waals surface area contributed by atoms with Gasteiger partial charge in [-0.15, -0.1) is 5.10 Å². The van der Waals surface area contributed by atoms with Crippen molar-refractivity contribution in [3.63, 3.8) is 0 Å². The van der Waals surface area contributed by atoms with Gasteiger partial charge in [-0.05, 0) is 36.8 Å². The zero-order chi connectivity index (χ0) is 25.7. The Hall–Kier alpha value is -4.31. The normalized spacial score (nSPS) is 10.8. The maximum atomic E-state index is 12.5. The first-order valence-corrected chi connectivity index (χ1v) is 11.2. The lowest BCUT2D eigenvalue weighted by atomic mass is 10.2. The molecule has 0 aliphatic carbocycles. The van der Waals surface area contributed by atoms with E-state index >= 15 is 0 Å². The molecule has 188 valence electrons. The molecule has 0 aliphatic rings. The molecule has 0 N–H and O–H groups in total. The number of rotatable bonds is 10. The van der Waals surface area contributed by atoms with E-state index < -0.39 is 0 Å². The van der Waals surface area contributed by atoms with Crippen LogP contribution in [0.15, 0.2) is 59.1 Å². The molecular formula is C26H28N4O6. The van der Waals surface area contributed by atoms with Crippen LogP contribution in [0, 0.1) is 6.92 Å². The van der Waals surface area contributed by atoms with Gasteiger partial charge in [0.2, 0.25) is 11.8 Å². The van der Waals surface area contributed by atoms with Gasteiger partial charge in [0.25, 0.3) is 5.91 Å². The summed E-state index contributed by atoms with van der Waals surface area (Å²) in [5, 5.41) is 5.35. The number of benzene rings is 2. The number of amides is 1. The summed E-state index contributed by atoms with van der Waals surface area (Å²) in [6, 6.07) is 15.2. The van der Waals surface area contributed by atoms with Crippen molar-refractivity contribution < 1.29 is 28.3 Å². The van der Waals surface area contributed by atoms with Crippen LogP contribution in [0.3, 0.4) is 0 Å². The third-order valence-electron chi connectivity index (χ3n) is 5.47. The molecule has 2 aromatic heterocycles. The lowest BCUT2D eigenvalue weighted by Gasteiger charge is -2.14. The van der Waals surface area contributed by atoms with E-state index in [1.807, 2.05) is 49.4 Å². The fraction of sp³-hybridized carbons (Fsp3) is 0.269. The van der Waals surface area contributed by atoms with Crippen LogP contribution in [0.4, 0.5) is 0 Å². The van der Waals surface area contributed by atoms with E-state index in [0.717, 1.165) is 16.2 Å². The van der Waals surface area contributed by atoms with Crippen molar-refractivity contribution in [3.05, 3.63) is 77.3 Å². The number of ether oxygens (including phenoxy) is 3. The number of hydrogen-bond donors (Lipinski definition) is 0.